The lowest BCUT2D eigenvalue weighted by atomic mass is 10.1. The third-order valence-electron chi connectivity index (χ3n) is 5.52. The molecule has 192 valence electrons. The Labute approximate surface area is 216 Å². The number of anilines is 1. The van der Waals surface area contributed by atoms with Gasteiger partial charge in [-0.15, -0.1) is 0 Å². The molecule has 1 N–H and O–H groups in total. The predicted octanol–water partition coefficient (Wildman–Crippen LogP) is 4.62. The van der Waals surface area contributed by atoms with Crippen molar-refractivity contribution in [1.29, 1.82) is 0 Å². The van der Waals surface area contributed by atoms with Crippen LogP contribution in [-0.4, -0.2) is 50.0 Å². The Hall–Kier alpha value is -2.36. The monoisotopic (exact) mass is 545 g/mol. The maximum Gasteiger partial charge on any atom is 0.244 e. The van der Waals surface area contributed by atoms with E-state index in [0.29, 0.717) is 22.0 Å². The molecule has 0 spiro atoms. The minimum atomic E-state index is -3.95. The molecule has 0 heterocycles. The number of nitrogens with zero attached hydrogens (tertiary/aromatic N) is 2. The van der Waals surface area contributed by atoms with Crippen LogP contribution in [0.2, 0.25) is 10.0 Å². The fourth-order valence-electron chi connectivity index (χ4n) is 3.44. The molecule has 2 aromatic rings. The fraction of sp³-hybridized carbons (Fsp3) is 0.417. The van der Waals surface area contributed by atoms with Crippen molar-refractivity contribution >= 4 is 50.7 Å². The van der Waals surface area contributed by atoms with Crippen molar-refractivity contribution in [2.75, 3.05) is 17.1 Å². The second-order valence-corrected chi connectivity index (χ2v) is 11.0. The standard InChI is InChI=1S/C24H30Cl2FN3O4S/c1-5-16(3)28-24(32)22(6-2)29(14-17-10-11-18(25)12-21(17)26)23(31)15-30(35(4,33)34)20-9-7-8-19(27)13-20/h7-13,16,22H,5-6,14-15H2,1-4H3,(H,28,32)/t16-,22-/m0/s1. The van der Waals surface area contributed by atoms with Crippen LogP contribution in [0.25, 0.3) is 0 Å². The summed E-state index contributed by atoms with van der Waals surface area (Å²) in [6, 6.07) is 8.72. The molecule has 2 amide bonds. The smallest absolute Gasteiger partial charge is 0.244 e. The Morgan fingerprint density at radius 3 is 2.31 bits per heavy atom. The van der Waals surface area contributed by atoms with Gasteiger partial charge in [0.1, 0.15) is 18.4 Å². The highest BCUT2D eigenvalue weighted by Gasteiger charge is 2.32. The lowest BCUT2D eigenvalue weighted by molar-refractivity contribution is -0.140. The molecular weight excluding hydrogens is 516 g/mol. The van der Waals surface area contributed by atoms with Gasteiger partial charge in [-0.1, -0.05) is 49.2 Å². The normalized spacial score (nSPS) is 13.1. The Bertz CT molecular complexity index is 1160. The van der Waals surface area contributed by atoms with E-state index in [0.717, 1.165) is 16.6 Å². The second kappa shape index (κ2) is 12.6. The molecule has 0 aromatic heterocycles. The van der Waals surface area contributed by atoms with Gasteiger partial charge in [-0.2, -0.15) is 0 Å². The Kier molecular flexibility index (Phi) is 10.4. The van der Waals surface area contributed by atoms with Crippen LogP contribution in [0.5, 0.6) is 0 Å². The van der Waals surface area contributed by atoms with E-state index in [2.05, 4.69) is 5.32 Å². The van der Waals surface area contributed by atoms with Crippen LogP contribution in [0.1, 0.15) is 39.2 Å². The summed E-state index contributed by atoms with van der Waals surface area (Å²) < 4.78 is 39.7. The molecule has 0 fully saturated rings. The third kappa shape index (κ3) is 8.08. The van der Waals surface area contributed by atoms with E-state index in [9.17, 15) is 22.4 Å². The van der Waals surface area contributed by atoms with E-state index >= 15 is 0 Å². The van der Waals surface area contributed by atoms with Gasteiger partial charge in [0.15, 0.2) is 0 Å². The first kappa shape index (κ1) is 28.9. The minimum Gasteiger partial charge on any atom is -0.352 e. The van der Waals surface area contributed by atoms with Gasteiger partial charge in [0.05, 0.1) is 11.9 Å². The van der Waals surface area contributed by atoms with Crippen molar-refractivity contribution in [2.24, 2.45) is 0 Å². The van der Waals surface area contributed by atoms with E-state index in [1.807, 2.05) is 13.8 Å². The van der Waals surface area contributed by atoms with Gasteiger partial charge in [0.2, 0.25) is 21.8 Å². The van der Waals surface area contributed by atoms with Gasteiger partial charge in [-0.3, -0.25) is 13.9 Å². The number of hydrogen-bond acceptors (Lipinski definition) is 4. The molecule has 0 bridgehead atoms. The molecular formula is C24H30Cl2FN3O4S. The van der Waals surface area contributed by atoms with Crippen LogP contribution in [0, 0.1) is 5.82 Å². The van der Waals surface area contributed by atoms with E-state index in [1.54, 1.807) is 19.1 Å². The van der Waals surface area contributed by atoms with Gasteiger partial charge >= 0.3 is 0 Å². The van der Waals surface area contributed by atoms with Crippen molar-refractivity contribution < 1.29 is 22.4 Å². The van der Waals surface area contributed by atoms with E-state index < -0.39 is 34.3 Å². The number of carbonyl (C=O) groups excluding carboxylic acids is 2. The van der Waals surface area contributed by atoms with Crippen molar-refractivity contribution in [2.45, 2.75) is 52.2 Å². The molecule has 0 radical (unpaired) electrons. The molecule has 2 atom stereocenters. The number of amides is 2. The van der Waals surface area contributed by atoms with Crippen molar-refractivity contribution in [3.05, 3.63) is 63.9 Å². The molecule has 0 saturated carbocycles. The first-order valence-electron chi connectivity index (χ1n) is 11.1. The number of nitrogens with one attached hydrogen (secondary N) is 1. The summed E-state index contributed by atoms with van der Waals surface area (Å²) in [5.41, 5.74) is 0.540. The highest BCUT2D eigenvalue weighted by molar-refractivity contribution is 7.92. The average molecular weight is 546 g/mol. The first-order valence-corrected chi connectivity index (χ1v) is 13.7. The molecule has 0 aliphatic carbocycles. The van der Waals surface area contributed by atoms with E-state index in [1.165, 1.54) is 29.2 Å². The van der Waals surface area contributed by atoms with Crippen molar-refractivity contribution in [1.82, 2.24) is 10.2 Å². The van der Waals surface area contributed by atoms with E-state index in [-0.39, 0.29) is 30.6 Å². The molecule has 0 aliphatic heterocycles. The quantitative estimate of drug-likeness (QED) is 0.446. The summed E-state index contributed by atoms with van der Waals surface area (Å²) in [7, 11) is -3.95. The Morgan fingerprint density at radius 2 is 1.77 bits per heavy atom. The predicted molar refractivity (Wildman–Crippen MR) is 138 cm³/mol. The minimum absolute atomic E-state index is 0.00225. The first-order chi connectivity index (χ1) is 16.4. The maximum absolute atomic E-state index is 13.8. The van der Waals surface area contributed by atoms with Gasteiger partial charge in [-0.25, -0.2) is 12.8 Å². The zero-order valence-electron chi connectivity index (χ0n) is 20.1. The second-order valence-electron chi connectivity index (χ2n) is 8.25. The SMILES string of the molecule is CC[C@H](C)NC(=O)[C@H](CC)N(Cc1ccc(Cl)cc1Cl)C(=O)CN(c1cccc(F)c1)S(C)(=O)=O. The van der Waals surface area contributed by atoms with Crippen LogP contribution in [0.4, 0.5) is 10.1 Å². The highest BCUT2D eigenvalue weighted by atomic mass is 35.5. The number of hydrogen-bond donors (Lipinski definition) is 1. The number of benzene rings is 2. The molecule has 11 heteroatoms. The lowest BCUT2D eigenvalue weighted by Crippen LogP contribution is -2.53. The zero-order chi connectivity index (χ0) is 26.3. The van der Waals surface area contributed by atoms with Gasteiger partial charge in [-0.05, 0) is 55.7 Å². The zero-order valence-corrected chi connectivity index (χ0v) is 22.4. The number of carbonyl (C=O) groups is 2. The average Bonchev–Trinajstić information content (AvgIpc) is 2.77. The summed E-state index contributed by atoms with van der Waals surface area (Å²) in [5, 5.41) is 3.59. The van der Waals surface area contributed by atoms with Crippen molar-refractivity contribution in [3.8, 4) is 0 Å². The molecule has 35 heavy (non-hydrogen) atoms. The molecule has 7 nitrogen and oxygen atoms in total. The van der Waals surface area contributed by atoms with Crippen LogP contribution < -0.4 is 9.62 Å². The maximum atomic E-state index is 13.8. The molecule has 2 aromatic carbocycles. The summed E-state index contributed by atoms with van der Waals surface area (Å²) in [6.07, 6.45) is 1.90. The van der Waals surface area contributed by atoms with Crippen LogP contribution in [0.15, 0.2) is 42.5 Å². The van der Waals surface area contributed by atoms with Gasteiger partial charge in [0.25, 0.3) is 0 Å². The number of rotatable bonds is 11. The Morgan fingerprint density at radius 1 is 1.09 bits per heavy atom. The van der Waals surface area contributed by atoms with Crippen molar-refractivity contribution in [3.63, 3.8) is 0 Å². The van der Waals surface area contributed by atoms with Crippen LogP contribution >= 0.6 is 23.2 Å². The summed E-state index contributed by atoms with van der Waals surface area (Å²) in [6.45, 7) is 4.85. The Balaban J connectivity index is 2.48. The van der Waals surface area contributed by atoms with Crippen LogP contribution in [-0.2, 0) is 26.2 Å². The van der Waals surface area contributed by atoms with Crippen LogP contribution in [0.3, 0.4) is 0 Å². The number of halogens is 3. The largest absolute Gasteiger partial charge is 0.352 e. The van der Waals surface area contributed by atoms with Gasteiger partial charge in [0, 0.05) is 22.6 Å². The molecule has 0 saturated heterocycles. The highest BCUT2D eigenvalue weighted by Crippen LogP contribution is 2.25. The summed E-state index contributed by atoms with van der Waals surface area (Å²) in [4.78, 5) is 27.9. The summed E-state index contributed by atoms with van der Waals surface area (Å²) in [5.74, 6) is -1.65. The fourth-order valence-corrected chi connectivity index (χ4v) is 4.75. The molecule has 0 aliphatic rings. The van der Waals surface area contributed by atoms with E-state index in [4.69, 9.17) is 23.2 Å². The number of sulfonamides is 1. The molecule has 0 unspecified atom stereocenters. The molecule has 2 rings (SSSR count). The van der Waals surface area contributed by atoms with Gasteiger partial charge < -0.3 is 10.2 Å². The summed E-state index contributed by atoms with van der Waals surface area (Å²) >= 11 is 12.3. The lowest BCUT2D eigenvalue weighted by Gasteiger charge is -2.33. The third-order valence-corrected chi connectivity index (χ3v) is 7.25. The topological polar surface area (TPSA) is 86.8 Å².